The van der Waals surface area contributed by atoms with Gasteiger partial charge >= 0.3 is 12.1 Å². The number of nitrogen functional groups attached to an aromatic ring is 2. The zero-order chi connectivity index (χ0) is 29.2. The minimum atomic E-state index is -4.80. The molecule has 2 unspecified atom stereocenters. The number of carboxylic acids is 1. The SMILES string of the molecule is COC1N(CC(F)(F)F)c2ccc(C#Cc3ccccc3)c(Cc3cnc(N)nc3N)c2C(=O)C1(OC)C(=O)O. The number of aliphatic carboxylic acids is 1. The number of ether oxygens (including phenoxy) is 2. The molecule has 10 nitrogen and oxygen atoms in total. The maximum Gasteiger partial charge on any atom is 0.406 e. The van der Waals surface area contributed by atoms with Gasteiger partial charge in [0, 0.05) is 49.1 Å². The lowest BCUT2D eigenvalue weighted by molar-refractivity contribution is -0.175. The summed E-state index contributed by atoms with van der Waals surface area (Å²) in [6, 6.07) is 11.6. The van der Waals surface area contributed by atoms with Crippen LogP contribution in [0.2, 0.25) is 0 Å². The highest BCUT2D eigenvalue weighted by atomic mass is 19.4. The van der Waals surface area contributed by atoms with Crippen LogP contribution in [0.1, 0.15) is 32.6 Å². The number of halogens is 3. The monoisotopic (exact) mass is 555 g/mol. The molecule has 0 radical (unpaired) electrons. The number of benzene rings is 2. The molecule has 0 amide bonds. The van der Waals surface area contributed by atoms with Gasteiger partial charge in [-0.25, -0.2) is 9.78 Å². The number of hydrogen-bond donors (Lipinski definition) is 3. The first-order chi connectivity index (χ1) is 18.9. The van der Waals surface area contributed by atoms with E-state index in [0.29, 0.717) is 10.5 Å². The van der Waals surface area contributed by atoms with Gasteiger partial charge in [-0.2, -0.15) is 18.2 Å². The van der Waals surface area contributed by atoms with Gasteiger partial charge in [-0.3, -0.25) is 4.79 Å². The van der Waals surface area contributed by atoms with Crippen molar-refractivity contribution in [2.24, 2.45) is 0 Å². The van der Waals surface area contributed by atoms with Crippen LogP contribution in [0.25, 0.3) is 0 Å². The lowest BCUT2D eigenvalue weighted by atomic mass is 9.80. The molecule has 0 bridgehead atoms. The quantitative estimate of drug-likeness (QED) is 0.306. The largest absolute Gasteiger partial charge is 0.479 e. The molecule has 13 heteroatoms. The van der Waals surface area contributed by atoms with Crippen molar-refractivity contribution in [3.05, 3.63) is 76.5 Å². The minimum absolute atomic E-state index is 0.0338. The number of anilines is 3. The number of Topliss-reactive ketones (excluding diaryl/α,β-unsaturated/α-hetero) is 1. The highest BCUT2D eigenvalue weighted by Crippen LogP contribution is 2.43. The van der Waals surface area contributed by atoms with E-state index in [1.807, 2.05) is 0 Å². The Morgan fingerprint density at radius 1 is 1.15 bits per heavy atom. The number of hydrogen-bond acceptors (Lipinski definition) is 9. The summed E-state index contributed by atoms with van der Waals surface area (Å²) in [5.41, 5.74) is 9.51. The van der Waals surface area contributed by atoms with Crippen LogP contribution in [0, 0.1) is 11.8 Å². The number of methoxy groups -OCH3 is 2. The first-order valence-corrected chi connectivity index (χ1v) is 11.7. The van der Waals surface area contributed by atoms with Gasteiger partial charge in [-0.15, -0.1) is 0 Å². The number of aromatic nitrogens is 2. The van der Waals surface area contributed by atoms with Crippen LogP contribution < -0.4 is 16.4 Å². The highest BCUT2D eigenvalue weighted by molar-refractivity contribution is 6.21. The van der Waals surface area contributed by atoms with Gasteiger partial charge in [0.15, 0.2) is 6.23 Å². The summed E-state index contributed by atoms with van der Waals surface area (Å²) >= 11 is 0. The minimum Gasteiger partial charge on any atom is -0.479 e. The normalized spacial score (nSPS) is 18.6. The van der Waals surface area contributed by atoms with Crippen LogP contribution in [-0.2, 0) is 20.7 Å². The molecule has 2 aromatic carbocycles. The Morgan fingerprint density at radius 3 is 2.42 bits per heavy atom. The molecule has 208 valence electrons. The zero-order valence-electron chi connectivity index (χ0n) is 21.3. The topological polar surface area (TPSA) is 154 Å². The second kappa shape index (κ2) is 10.8. The maximum atomic E-state index is 14.0. The van der Waals surface area contributed by atoms with Crippen molar-refractivity contribution in [1.29, 1.82) is 0 Å². The fourth-order valence-electron chi connectivity index (χ4n) is 4.63. The lowest BCUT2D eigenvalue weighted by Gasteiger charge is -2.46. The van der Waals surface area contributed by atoms with Crippen LogP contribution in [0.4, 0.5) is 30.6 Å². The average Bonchev–Trinajstić information content (AvgIpc) is 2.90. The molecular weight excluding hydrogens is 531 g/mol. The van der Waals surface area contributed by atoms with Crippen molar-refractivity contribution in [2.45, 2.75) is 24.4 Å². The van der Waals surface area contributed by atoms with Gasteiger partial charge in [0.25, 0.3) is 5.60 Å². The highest BCUT2D eigenvalue weighted by Gasteiger charge is 2.62. The summed E-state index contributed by atoms with van der Waals surface area (Å²) < 4.78 is 51.7. The molecule has 0 saturated carbocycles. The Hall–Kier alpha value is -4.67. The second-order valence-corrected chi connectivity index (χ2v) is 8.82. The zero-order valence-corrected chi connectivity index (χ0v) is 21.3. The molecule has 2 atom stereocenters. The van der Waals surface area contributed by atoms with E-state index in [4.69, 9.17) is 20.9 Å². The summed E-state index contributed by atoms with van der Waals surface area (Å²) in [7, 11) is 1.91. The number of carbonyl (C=O) groups excluding carboxylic acids is 1. The van der Waals surface area contributed by atoms with Gasteiger partial charge in [-0.1, -0.05) is 30.0 Å². The van der Waals surface area contributed by atoms with Crippen molar-refractivity contribution in [2.75, 3.05) is 37.1 Å². The number of ketones is 1. The standard InChI is InChI=1S/C27H24F3N5O5/c1-39-23-27(40-2,24(37)38)21(36)20-18(12-17-13-33-25(32)34-22(17)31)16(9-8-15-6-4-3-5-7-15)10-11-19(20)35(23)14-26(28,29)30/h3-7,10-11,13,23H,12,14H2,1-2H3,(H,37,38)(H4,31,32,33,34). The Morgan fingerprint density at radius 2 is 1.85 bits per heavy atom. The average molecular weight is 556 g/mol. The second-order valence-electron chi connectivity index (χ2n) is 8.82. The number of alkyl halides is 3. The van der Waals surface area contributed by atoms with Gasteiger partial charge in [0.1, 0.15) is 12.4 Å². The molecule has 40 heavy (non-hydrogen) atoms. The summed E-state index contributed by atoms with van der Waals surface area (Å²) in [5, 5.41) is 10.2. The van der Waals surface area contributed by atoms with Crippen molar-refractivity contribution >= 4 is 29.2 Å². The molecule has 0 saturated heterocycles. The molecule has 5 N–H and O–H groups in total. The molecule has 4 rings (SSSR count). The molecule has 1 aromatic heterocycles. The van der Waals surface area contributed by atoms with Gasteiger partial charge < -0.3 is 30.9 Å². The number of nitrogens with two attached hydrogens (primary N) is 2. The van der Waals surface area contributed by atoms with Crippen LogP contribution in [0.15, 0.2) is 48.7 Å². The van der Waals surface area contributed by atoms with Gasteiger partial charge in [-0.05, 0) is 29.8 Å². The van der Waals surface area contributed by atoms with Crippen molar-refractivity contribution in [3.63, 3.8) is 0 Å². The first kappa shape index (κ1) is 28.3. The van der Waals surface area contributed by atoms with Gasteiger partial charge in [0.05, 0.1) is 5.69 Å². The van der Waals surface area contributed by atoms with E-state index in [1.165, 1.54) is 18.3 Å². The maximum absolute atomic E-state index is 14.0. The number of carboxylic acid groups (broad SMARTS) is 1. The third-order valence-electron chi connectivity index (χ3n) is 6.41. The van der Waals surface area contributed by atoms with Crippen LogP contribution in [-0.4, -0.2) is 65.6 Å². The third-order valence-corrected chi connectivity index (χ3v) is 6.41. The van der Waals surface area contributed by atoms with E-state index in [-0.39, 0.29) is 46.1 Å². The van der Waals surface area contributed by atoms with E-state index in [1.54, 1.807) is 30.3 Å². The predicted molar refractivity (Wildman–Crippen MR) is 138 cm³/mol. The summed E-state index contributed by atoms with van der Waals surface area (Å²) in [6.45, 7) is -1.63. The predicted octanol–water partition coefficient (Wildman–Crippen LogP) is 2.64. The molecule has 1 aliphatic heterocycles. The Kier molecular flexibility index (Phi) is 7.68. The molecule has 3 aromatic rings. The fraction of sp³-hybridized carbons (Fsp3) is 0.259. The molecular formula is C27H24F3N5O5. The van der Waals surface area contributed by atoms with Crippen molar-refractivity contribution in [3.8, 4) is 11.8 Å². The van der Waals surface area contributed by atoms with E-state index in [9.17, 15) is 27.9 Å². The van der Waals surface area contributed by atoms with Crippen LogP contribution in [0.3, 0.4) is 0 Å². The molecule has 0 aliphatic carbocycles. The molecule has 0 spiro atoms. The van der Waals surface area contributed by atoms with Crippen LogP contribution in [0.5, 0.6) is 0 Å². The first-order valence-electron chi connectivity index (χ1n) is 11.7. The number of nitrogens with zero attached hydrogens (tertiary/aromatic N) is 3. The van der Waals surface area contributed by atoms with E-state index in [2.05, 4.69) is 21.8 Å². The Balaban J connectivity index is 2.05. The van der Waals surface area contributed by atoms with E-state index >= 15 is 0 Å². The van der Waals surface area contributed by atoms with E-state index in [0.717, 1.165) is 14.2 Å². The third kappa shape index (κ3) is 5.14. The summed E-state index contributed by atoms with van der Waals surface area (Å²) in [6.07, 6.45) is -5.62. The smallest absolute Gasteiger partial charge is 0.406 e. The Bertz CT molecular complexity index is 1520. The number of rotatable bonds is 6. The number of fused-ring (bicyclic) bond motifs is 1. The van der Waals surface area contributed by atoms with Crippen molar-refractivity contribution in [1.82, 2.24) is 9.97 Å². The summed E-state index contributed by atoms with van der Waals surface area (Å²) in [5.74, 6) is 2.81. The van der Waals surface area contributed by atoms with E-state index < -0.39 is 36.3 Å². The summed E-state index contributed by atoms with van der Waals surface area (Å²) in [4.78, 5) is 35.1. The molecule has 2 heterocycles. The molecule has 0 fully saturated rings. The van der Waals surface area contributed by atoms with Crippen LogP contribution >= 0.6 is 0 Å². The fourth-order valence-corrected chi connectivity index (χ4v) is 4.63. The molecule has 1 aliphatic rings. The van der Waals surface area contributed by atoms with Crippen molar-refractivity contribution < 1.29 is 37.3 Å². The number of carbonyl (C=O) groups is 2. The van der Waals surface area contributed by atoms with Gasteiger partial charge in [0.2, 0.25) is 11.7 Å². The Labute approximate surface area is 226 Å². The lowest BCUT2D eigenvalue weighted by Crippen LogP contribution is -2.68.